The van der Waals surface area contributed by atoms with E-state index >= 15 is 0 Å². The molecule has 1 amide bonds. The zero-order valence-corrected chi connectivity index (χ0v) is 13.1. The van der Waals surface area contributed by atoms with Crippen LogP contribution in [0, 0.1) is 0 Å². The molecule has 108 valence electrons. The first-order valence-corrected chi connectivity index (χ1v) is 6.91. The fourth-order valence-corrected chi connectivity index (χ4v) is 1.19. The van der Waals surface area contributed by atoms with Gasteiger partial charge in [0.15, 0.2) is 0 Å². The van der Waals surface area contributed by atoms with Crippen LogP contribution in [0.4, 0.5) is 0 Å². The maximum atomic E-state index is 11.4. The number of hydroxylamine groups is 1. The summed E-state index contributed by atoms with van der Waals surface area (Å²) in [5.41, 5.74) is 3.40. The Morgan fingerprint density at radius 2 is 1.80 bits per heavy atom. The standard InChI is InChI=1S/C11H14BrNO2.C4H4O/c1-11(2,12)10(14)13-15-8-9-6-4-3-5-7-9;1-2-4-5-3-1/h3-7H,8H2,1-2H3,(H,13,14);1-4H. The molecule has 0 saturated heterocycles. The van der Waals surface area contributed by atoms with E-state index in [-0.39, 0.29) is 5.91 Å². The van der Waals surface area contributed by atoms with E-state index in [0.717, 1.165) is 5.56 Å². The van der Waals surface area contributed by atoms with E-state index in [1.54, 1.807) is 26.4 Å². The molecule has 0 aliphatic heterocycles. The number of amides is 1. The number of nitrogens with one attached hydrogen (secondary N) is 1. The van der Waals surface area contributed by atoms with Crippen molar-refractivity contribution in [2.45, 2.75) is 24.8 Å². The van der Waals surface area contributed by atoms with Crippen molar-refractivity contribution < 1.29 is 14.0 Å². The molecule has 0 bridgehead atoms. The second-order valence-electron chi connectivity index (χ2n) is 4.47. The number of furan rings is 1. The van der Waals surface area contributed by atoms with Gasteiger partial charge in [-0.3, -0.25) is 9.63 Å². The minimum Gasteiger partial charge on any atom is -0.473 e. The van der Waals surface area contributed by atoms with Crippen molar-refractivity contribution in [3.8, 4) is 0 Å². The number of carbonyl (C=O) groups is 1. The summed E-state index contributed by atoms with van der Waals surface area (Å²) in [6.07, 6.45) is 3.25. The first kappa shape index (κ1) is 16.5. The molecule has 1 aromatic carbocycles. The van der Waals surface area contributed by atoms with Crippen molar-refractivity contribution in [1.29, 1.82) is 0 Å². The van der Waals surface area contributed by atoms with Crippen molar-refractivity contribution in [1.82, 2.24) is 5.48 Å². The molecule has 0 unspecified atom stereocenters. The topological polar surface area (TPSA) is 51.5 Å². The van der Waals surface area contributed by atoms with Crippen molar-refractivity contribution in [2.75, 3.05) is 0 Å². The largest absolute Gasteiger partial charge is 0.473 e. The lowest BCUT2D eigenvalue weighted by Crippen LogP contribution is -2.37. The Balaban J connectivity index is 0.000000333. The predicted molar refractivity (Wildman–Crippen MR) is 81.1 cm³/mol. The number of halogens is 1. The molecule has 2 rings (SSSR count). The average Bonchev–Trinajstić information content (AvgIpc) is 2.98. The third kappa shape index (κ3) is 7.11. The van der Waals surface area contributed by atoms with Crippen LogP contribution in [0.25, 0.3) is 0 Å². The quantitative estimate of drug-likeness (QED) is 0.682. The Labute approximate surface area is 127 Å². The fourth-order valence-electron chi connectivity index (χ4n) is 1.11. The Morgan fingerprint density at radius 1 is 1.20 bits per heavy atom. The van der Waals surface area contributed by atoms with Crippen molar-refractivity contribution >= 4 is 21.8 Å². The second kappa shape index (κ2) is 8.55. The minimum atomic E-state index is -0.607. The van der Waals surface area contributed by atoms with E-state index in [0.29, 0.717) is 6.61 Å². The van der Waals surface area contributed by atoms with Crippen LogP contribution >= 0.6 is 15.9 Å². The summed E-state index contributed by atoms with van der Waals surface area (Å²) in [6.45, 7) is 3.89. The molecular formula is C15H18BrNO3. The SMILES string of the molecule is CC(C)(Br)C(=O)NOCc1ccccc1.c1ccoc1. The van der Waals surface area contributed by atoms with Gasteiger partial charge in [0.05, 0.1) is 19.1 Å². The molecule has 2 aromatic rings. The van der Waals surface area contributed by atoms with Crippen LogP contribution < -0.4 is 5.48 Å². The van der Waals surface area contributed by atoms with Crippen molar-refractivity contribution in [3.63, 3.8) is 0 Å². The van der Waals surface area contributed by atoms with E-state index in [4.69, 9.17) is 4.84 Å². The Kier molecular flexibility index (Phi) is 7.04. The summed E-state index contributed by atoms with van der Waals surface area (Å²) in [4.78, 5) is 16.5. The van der Waals surface area contributed by atoms with Crippen molar-refractivity contribution in [2.24, 2.45) is 0 Å². The molecule has 5 heteroatoms. The molecule has 0 radical (unpaired) electrons. The molecule has 1 N–H and O–H groups in total. The van der Waals surface area contributed by atoms with Gasteiger partial charge in [0.2, 0.25) is 0 Å². The summed E-state index contributed by atoms with van der Waals surface area (Å²) in [5, 5.41) is 0. The molecule has 20 heavy (non-hydrogen) atoms. The molecule has 0 atom stereocenters. The molecule has 1 heterocycles. The number of benzene rings is 1. The smallest absolute Gasteiger partial charge is 0.259 e. The maximum Gasteiger partial charge on any atom is 0.259 e. The number of rotatable bonds is 4. The summed E-state index contributed by atoms with van der Waals surface area (Å²) in [5.74, 6) is -0.196. The highest BCUT2D eigenvalue weighted by atomic mass is 79.9. The molecule has 0 saturated carbocycles. The van der Waals surface area contributed by atoms with Gasteiger partial charge in [0.25, 0.3) is 5.91 Å². The summed E-state index contributed by atoms with van der Waals surface area (Å²) in [6, 6.07) is 13.3. The number of carbonyl (C=O) groups excluding carboxylic acids is 1. The number of alkyl halides is 1. The Bertz CT molecular complexity index is 460. The van der Waals surface area contributed by atoms with Gasteiger partial charge in [-0.25, -0.2) is 5.48 Å². The Morgan fingerprint density at radius 3 is 2.25 bits per heavy atom. The third-order valence-corrected chi connectivity index (χ3v) is 2.57. The molecule has 0 fully saturated rings. The van der Waals surface area contributed by atoms with Gasteiger partial charge >= 0.3 is 0 Å². The highest BCUT2D eigenvalue weighted by Gasteiger charge is 2.23. The normalized spacial score (nSPS) is 10.3. The van der Waals surface area contributed by atoms with Gasteiger partial charge in [-0.2, -0.15) is 0 Å². The molecule has 4 nitrogen and oxygen atoms in total. The van der Waals surface area contributed by atoms with Crippen LogP contribution in [0.2, 0.25) is 0 Å². The zero-order chi connectivity index (χ0) is 14.8. The van der Waals surface area contributed by atoms with E-state index in [1.165, 1.54) is 0 Å². The van der Waals surface area contributed by atoms with Crippen LogP contribution in [-0.4, -0.2) is 10.2 Å². The third-order valence-electron chi connectivity index (χ3n) is 2.21. The van der Waals surface area contributed by atoms with Crippen LogP contribution in [0.1, 0.15) is 19.4 Å². The number of hydrogen-bond acceptors (Lipinski definition) is 3. The lowest BCUT2D eigenvalue weighted by atomic mass is 10.2. The van der Waals surface area contributed by atoms with E-state index in [2.05, 4.69) is 25.8 Å². The second-order valence-corrected chi connectivity index (χ2v) is 6.45. The van der Waals surface area contributed by atoms with Crippen LogP contribution in [0.3, 0.4) is 0 Å². The van der Waals surface area contributed by atoms with Gasteiger partial charge < -0.3 is 4.42 Å². The van der Waals surface area contributed by atoms with Gasteiger partial charge in [-0.1, -0.05) is 46.3 Å². The first-order chi connectivity index (χ1) is 9.50. The first-order valence-electron chi connectivity index (χ1n) is 6.12. The van der Waals surface area contributed by atoms with Crippen LogP contribution in [0.5, 0.6) is 0 Å². The molecule has 0 aliphatic carbocycles. The predicted octanol–water partition coefficient (Wildman–Crippen LogP) is 3.69. The minimum absolute atomic E-state index is 0.196. The zero-order valence-electron chi connectivity index (χ0n) is 11.5. The average molecular weight is 340 g/mol. The van der Waals surface area contributed by atoms with Crippen molar-refractivity contribution in [3.05, 3.63) is 60.6 Å². The summed E-state index contributed by atoms with van der Waals surface area (Å²) in [7, 11) is 0. The molecule has 0 aliphatic rings. The van der Waals surface area contributed by atoms with Crippen LogP contribution in [-0.2, 0) is 16.2 Å². The summed E-state index contributed by atoms with van der Waals surface area (Å²) < 4.78 is 3.98. The molecule has 1 aromatic heterocycles. The Hall–Kier alpha value is -1.59. The van der Waals surface area contributed by atoms with Gasteiger partial charge in [-0.15, -0.1) is 0 Å². The number of hydrogen-bond donors (Lipinski definition) is 1. The van der Waals surface area contributed by atoms with Gasteiger partial charge in [-0.05, 0) is 31.5 Å². The lowest BCUT2D eigenvalue weighted by molar-refractivity contribution is -0.136. The van der Waals surface area contributed by atoms with Gasteiger partial charge in [0, 0.05) is 0 Å². The molecular weight excluding hydrogens is 322 g/mol. The molecule has 0 spiro atoms. The fraction of sp³-hybridized carbons (Fsp3) is 0.267. The highest BCUT2D eigenvalue weighted by Crippen LogP contribution is 2.15. The maximum absolute atomic E-state index is 11.4. The lowest BCUT2D eigenvalue weighted by Gasteiger charge is -2.15. The summed E-state index contributed by atoms with van der Waals surface area (Å²) >= 11 is 3.24. The van der Waals surface area contributed by atoms with E-state index in [9.17, 15) is 4.79 Å². The van der Waals surface area contributed by atoms with E-state index in [1.807, 2.05) is 42.5 Å². The van der Waals surface area contributed by atoms with Crippen LogP contribution in [0.15, 0.2) is 59.4 Å². The highest BCUT2D eigenvalue weighted by molar-refractivity contribution is 9.10. The van der Waals surface area contributed by atoms with Gasteiger partial charge in [0.1, 0.15) is 4.32 Å². The monoisotopic (exact) mass is 339 g/mol. The van der Waals surface area contributed by atoms with E-state index < -0.39 is 4.32 Å².